The zero-order valence-corrected chi connectivity index (χ0v) is 12.4. The van der Waals surface area contributed by atoms with Crippen molar-refractivity contribution in [2.45, 2.75) is 19.8 Å². The summed E-state index contributed by atoms with van der Waals surface area (Å²) in [5, 5.41) is 3.15. The van der Waals surface area contributed by atoms with Crippen LogP contribution in [0.15, 0.2) is 53.8 Å². The molecule has 0 unspecified atom stereocenters. The van der Waals surface area contributed by atoms with Crippen molar-refractivity contribution in [3.05, 3.63) is 65.5 Å². The molecule has 21 heavy (non-hydrogen) atoms. The average molecular weight is 282 g/mol. The van der Waals surface area contributed by atoms with Crippen LogP contribution in [0.5, 0.6) is 0 Å². The van der Waals surface area contributed by atoms with E-state index in [0.29, 0.717) is 12.5 Å². The van der Waals surface area contributed by atoms with Crippen molar-refractivity contribution in [1.82, 2.24) is 10.3 Å². The van der Waals surface area contributed by atoms with Crippen molar-refractivity contribution in [3.63, 3.8) is 0 Å². The number of hydrogen-bond donors (Lipinski definition) is 2. The molecular formula is C17H22N4. The molecular weight excluding hydrogens is 260 g/mol. The number of benzene rings is 1. The molecule has 3 N–H and O–H groups in total. The standard InChI is InChI=1S/C17H22N4/c1-14-13-19-10-8-16(14)9-12-21-17(18)20-11-7-15-5-3-2-4-6-15/h2-6,8,10,13H,7,9,11-12H2,1H3,(H3,18,20,21). The Morgan fingerprint density at radius 1 is 1.19 bits per heavy atom. The molecule has 0 aliphatic rings. The van der Waals surface area contributed by atoms with E-state index < -0.39 is 0 Å². The summed E-state index contributed by atoms with van der Waals surface area (Å²) in [6.07, 6.45) is 5.52. The zero-order valence-electron chi connectivity index (χ0n) is 12.4. The molecule has 0 amide bonds. The summed E-state index contributed by atoms with van der Waals surface area (Å²) < 4.78 is 0. The molecule has 0 atom stereocenters. The van der Waals surface area contributed by atoms with Gasteiger partial charge < -0.3 is 11.1 Å². The first-order valence-electron chi connectivity index (χ1n) is 7.23. The van der Waals surface area contributed by atoms with Crippen LogP contribution in [0.25, 0.3) is 0 Å². The van der Waals surface area contributed by atoms with Crippen LogP contribution in [-0.2, 0) is 12.8 Å². The van der Waals surface area contributed by atoms with Crippen LogP contribution in [0.1, 0.15) is 16.7 Å². The van der Waals surface area contributed by atoms with E-state index in [-0.39, 0.29) is 0 Å². The SMILES string of the molecule is Cc1cnccc1CCN=C(N)NCCc1ccccc1. The number of aryl methyl sites for hydroxylation is 1. The Morgan fingerprint density at radius 2 is 2.00 bits per heavy atom. The summed E-state index contributed by atoms with van der Waals surface area (Å²) >= 11 is 0. The minimum absolute atomic E-state index is 0.512. The molecule has 4 nitrogen and oxygen atoms in total. The van der Waals surface area contributed by atoms with Gasteiger partial charge in [-0.2, -0.15) is 0 Å². The fourth-order valence-corrected chi connectivity index (χ4v) is 2.11. The monoisotopic (exact) mass is 282 g/mol. The summed E-state index contributed by atoms with van der Waals surface area (Å²) in [5.41, 5.74) is 9.63. The van der Waals surface area contributed by atoms with Crippen LogP contribution >= 0.6 is 0 Å². The fraction of sp³-hybridized carbons (Fsp3) is 0.294. The van der Waals surface area contributed by atoms with Gasteiger partial charge in [-0.25, -0.2) is 0 Å². The van der Waals surface area contributed by atoms with Crippen molar-refractivity contribution >= 4 is 5.96 Å². The maximum Gasteiger partial charge on any atom is 0.188 e. The van der Waals surface area contributed by atoms with Gasteiger partial charge in [0.05, 0.1) is 0 Å². The van der Waals surface area contributed by atoms with Gasteiger partial charge in [0.25, 0.3) is 0 Å². The lowest BCUT2D eigenvalue weighted by Gasteiger charge is -2.06. The van der Waals surface area contributed by atoms with Crippen LogP contribution < -0.4 is 11.1 Å². The molecule has 0 bridgehead atoms. The zero-order chi connectivity index (χ0) is 14.9. The molecule has 0 aliphatic heterocycles. The van der Waals surface area contributed by atoms with E-state index in [4.69, 9.17) is 5.73 Å². The summed E-state index contributed by atoms with van der Waals surface area (Å²) in [4.78, 5) is 8.44. The van der Waals surface area contributed by atoms with E-state index in [1.54, 1.807) is 0 Å². The third kappa shape index (κ3) is 5.26. The highest BCUT2D eigenvalue weighted by Gasteiger charge is 1.97. The topological polar surface area (TPSA) is 63.3 Å². The molecule has 2 rings (SSSR count). The maximum absolute atomic E-state index is 5.87. The molecule has 0 saturated carbocycles. The Bertz CT molecular complexity index is 578. The van der Waals surface area contributed by atoms with Crippen molar-refractivity contribution in [2.24, 2.45) is 10.7 Å². The Kier molecular flexibility index (Phi) is 5.76. The molecule has 0 radical (unpaired) electrons. The molecule has 2 aromatic rings. The normalized spacial score (nSPS) is 11.4. The minimum Gasteiger partial charge on any atom is -0.370 e. The second kappa shape index (κ2) is 8.04. The highest BCUT2D eigenvalue weighted by Crippen LogP contribution is 2.05. The fourth-order valence-electron chi connectivity index (χ4n) is 2.11. The number of nitrogens with zero attached hydrogens (tertiary/aromatic N) is 2. The predicted molar refractivity (Wildman–Crippen MR) is 87.3 cm³/mol. The van der Waals surface area contributed by atoms with Gasteiger partial charge in [-0.1, -0.05) is 30.3 Å². The lowest BCUT2D eigenvalue weighted by molar-refractivity contribution is 0.843. The van der Waals surface area contributed by atoms with Crippen LogP contribution in [0, 0.1) is 6.92 Å². The molecule has 0 saturated heterocycles. The van der Waals surface area contributed by atoms with Gasteiger partial charge in [-0.05, 0) is 42.5 Å². The van der Waals surface area contributed by atoms with Crippen molar-refractivity contribution in [1.29, 1.82) is 0 Å². The predicted octanol–water partition coefficient (Wildman–Crippen LogP) is 2.08. The Morgan fingerprint density at radius 3 is 2.76 bits per heavy atom. The number of aliphatic imine (C=N–C) groups is 1. The highest BCUT2D eigenvalue weighted by atomic mass is 15.1. The molecule has 4 heteroatoms. The number of nitrogens with one attached hydrogen (secondary N) is 1. The van der Waals surface area contributed by atoms with Gasteiger partial charge in [-0.15, -0.1) is 0 Å². The molecule has 0 aliphatic carbocycles. The maximum atomic E-state index is 5.87. The van der Waals surface area contributed by atoms with E-state index in [9.17, 15) is 0 Å². The van der Waals surface area contributed by atoms with Gasteiger partial charge in [-0.3, -0.25) is 9.98 Å². The number of aromatic nitrogens is 1. The summed E-state index contributed by atoms with van der Waals surface area (Å²) in [7, 11) is 0. The number of nitrogens with two attached hydrogens (primary N) is 1. The van der Waals surface area contributed by atoms with Crippen LogP contribution in [-0.4, -0.2) is 24.0 Å². The average Bonchev–Trinajstić information content (AvgIpc) is 2.50. The highest BCUT2D eigenvalue weighted by molar-refractivity contribution is 5.77. The number of guanidine groups is 1. The third-order valence-electron chi connectivity index (χ3n) is 3.36. The summed E-state index contributed by atoms with van der Waals surface area (Å²) in [5.74, 6) is 0.512. The van der Waals surface area contributed by atoms with Gasteiger partial charge in [0.2, 0.25) is 0 Å². The van der Waals surface area contributed by atoms with Crippen LogP contribution in [0.3, 0.4) is 0 Å². The van der Waals surface area contributed by atoms with Crippen LogP contribution in [0.2, 0.25) is 0 Å². The third-order valence-corrected chi connectivity index (χ3v) is 3.36. The van der Waals surface area contributed by atoms with Crippen molar-refractivity contribution in [3.8, 4) is 0 Å². The number of rotatable bonds is 6. The molecule has 1 aromatic carbocycles. The first-order chi connectivity index (χ1) is 10.3. The van der Waals surface area contributed by atoms with Gasteiger partial charge in [0.1, 0.15) is 0 Å². The number of hydrogen-bond acceptors (Lipinski definition) is 2. The van der Waals surface area contributed by atoms with Crippen LogP contribution in [0.4, 0.5) is 0 Å². The second-order valence-electron chi connectivity index (χ2n) is 4.98. The smallest absolute Gasteiger partial charge is 0.188 e. The Labute approximate surface area is 126 Å². The molecule has 1 heterocycles. The van der Waals surface area contributed by atoms with Gasteiger partial charge in [0, 0.05) is 25.5 Å². The number of pyridine rings is 1. The molecule has 1 aromatic heterocycles. The van der Waals surface area contributed by atoms with E-state index in [1.807, 2.05) is 36.7 Å². The largest absolute Gasteiger partial charge is 0.370 e. The first kappa shape index (κ1) is 15.0. The van der Waals surface area contributed by atoms with Crippen molar-refractivity contribution in [2.75, 3.05) is 13.1 Å². The Balaban J connectivity index is 1.71. The van der Waals surface area contributed by atoms with E-state index in [0.717, 1.165) is 19.4 Å². The van der Waals surface area contributed by atoms with Gasteiger partial charge >= 0.3 is 0 Å². The van der Waals surface area contributed by atoms with Crippen molar-refractivity contribution < 1.29 is 0 Å². The van der Waals surface area contributed by atoms with E-state index >= 15 is 0 Å². The van der Waals surface area contributed by atoms with Gasteiger partial charge in [0.15, 0.2) is 5.96 Å². The minimum atomic E-state index is 0.512. The summed E-state index contributed by atoms with van der Waals surface area (Å²) in [6.45, 7) is 3.55. The molecule has 0 spiro atoms. The lowest BCUT2D eigenvalue weighted by atomic mass is 10.1. The second-order valence-corrected chi connectivity index (χ2v) is 4.98. The first-order valence-corrected chi connectivity index (χ1v) is 7.23. The summed E-state index contributed by atoms with van der Waals surface area (Å²) in [6, 6.07) is 12.4. The molecule has 110 valence electrons. The lowest BCUT2D eigenvalue weighted by Crippen LogP contribution is -2.33. The van der Waals surface area contributed by atoms with E-state index in [1.165, 1.54) is 16.7 Å². The Hall–Kier alpha value is -2.36. The van der Waals surface area contributed by atoms with E-state index in [2.05, 4.69) is 34.3 Å². The molecule has 0 fully saturated rings. The quantitative estimate of drug-likeness (QED) is 0.630.